The molecule has 1 aromatic carbocycles. The Balaban J connectivity index is 1.98. The van der Waals surface area contributed by atoms with Gasteiger partial charge < -0.3 is 15.2 Å². The lowest BCUT2D eigenvalue weighted by Gasteiger charge is -2.11. The maximum Gasteiger partial charge on any atom is 0.165 e. The number of anilines is 1. The summed E-state index contributed by atoms with van der Waals surface area (Å²) in [5.74, 6) is 0.913. The number of aryl methyl sites for hydroxylation is 2. The molecular formula is C20H26N4O2. The molecule has 138 valence electrons. The lowest BCUT2D eigenvalue weighted by atomic mass is 10.1. The van der Waals surface area contributed by atoms with Gasteiger partial charge in [0.1, 0.15) is 5.82 Å². The second kappa shape index (κ2) is 8.78. The van der Waals surface area contributed by atoms with Gasteiger partial charge in [-0.3, -0.25) is 0 Å². The van der Waals surface area contributed by atoms with Crippen LogP contribution >= 0.6 is 0 Å². The van der Waals surface area contributed by atoms with Crippen molar-refractivity contribution in [2.45, 2.75) is 26.7 Å². The van der Waals surface area contributed by atoms with Gasteiger partial charge in [0.2, 0.25) is 0 Å². The van der Waals surface area contributed by atoms with E-state index in [2.05, 4.69) is 30.4 Å². The van der Waals surface area contributed by atoms with E-state index < -0.39 is 0 Å². The van der Waals surface area contributed by atoms with E-state index in [1.165, 1.54) is 0 Å². The standard InChI is InChI=1S/C20H26N4O2/c1-3-7-17-14-18(21-10-12-26-13-11-25)24-20(22-17)19(15(2)23-24)16-8-5-4-6-9-16/h4-6,8-9,14,21,25H,3,7,10-13H2,1-2H3. The number of ether oxygens (including phenoxy) is 1. The van der Waals surface area contributed by atoms with Gasteiger partial charge >= 0.3 is 0 Å². The number of nitrogens with zero attached hydrogens (tertiary/aromatic N) is 3. The van der Waals surface area contributed by atoms with E-state index in [1.54, 1.807) is 0 Å². The van der Waals surface area contributed by atoms with E-state index in [0.29, 0.717) is 19.8 Å². The zero-order valence-electron chi connectivity index (χ0n) is 15.4. The minimum absolute atomic E-state index is 0.0406. The van der Waals surface area contributed by atoms with Crippen molar-refractivity contribution >= 4 is 11.5 Å². The molecule has 2 N–H and O–H groups in total. The molecule has 0 saturated heterocycles. The number of rotatable bonds is 9. The Labute approximate surface area is 153 Å². The first kappa shape index (κ1) is 18.4. The zero-order valence-corrected chi connectivity index (χ0v) is 15.4. The van der Waals surface area contributed by atoms with Gasteiger partial charge in [0.05, 0.1) is 25.5 Å². The Morgan fingerprint density at radius 2 is 2.00 bits per heavy atom. The van der Waals surface area contributed by atoms with Gasteiger partial charge in [0.25, 0.3) is 0 Å². The summed E-state index contributed by atoms with van der Waals surface area (Å²) in [4.78, 5) is 4.88. The summed E-state index contributed by atoms with van der Waals surface area (Å²) < 4.78 is 7.21. The van der Waals surface area contributed by atoms with Crippen LogP contribution in [0, 0.1) is 6.92 Å². The fraction of sp³-hybridized carbons (Fsp3) is 0.400. The molecule has 0 spiro atoms. The van der Waals surface area contributed by atoms with Crippen LogP contribution < -0.4 is 5.32 Å². The number of aromatic nitrogens is 3. The Morgan fingerprint density at radius 3 is 2.73 bits per heavy atom. The highest BCUT2D eigenvalue weighted by Crippen LogP contribution is 2.29. The fourth-order valence-corrected chi connectivity index (χ4v) is 3.04. The van der Waals surface area contributed by atoms with Crippen LogP contribution in [-0.4, -0.2) is 46.1 Å². The predicted molar refractivity (Wildman–Crippen MR) is 104 cm³/mol. The molecule has 2 heterocycles. The summed E-state index contributed by atoms with van der Waals surface area (Å²) in [6.07, 6.45) is 1.96. The van der Waals surface area contributed by atoms with Crippen LogP contribution in [0.25, 0.3) is 16.8 Å². The van der Waals surface area contributed by atoms with E-state index in [-0.39, 0.29) is 6.61 Å². The summed E-state index contributed by atoms with van der Waals surface area (Å²) in [6.45, 7) is 5.74. The molecule has 0 fully saturated rings. The minimum atomic E-state index is 0.0406. The molecule has 3 aromatic rings. The molecule has 0 unspecified atom stereocenters. The van der Waals surface area contributed by atoms with Crippen molar-refractivity contribution < 1.29 is 9.84 Å². The number of fused-ring (bicyclic) bond motifs is 1. The van der Waals surface area contributed by atoms with Gasteiger partial charge in [-0.25, -0.2) is 4.98 Å². The van der Waals surface area contributed by atoms with Gasteiger partial charge in [0, 0.05) is 23.9 Å². The normalized spacial score (nSPS) is 11.2. The Morgan fingerprint density at radius 1 is 1.19 bits per heavy atom. The van der Waals surface area contributed by atoms with Crippen molar-refractivity contribution in [3.05, 3.63) is 47.8 Å². The number of aliphatic hydroxyl groups is 1. The van der Waals surface area contributed by atoms with E-state index in [1.807, 2.05) is 29.6 Å². The number of benzene rings is 1. The molecular weight excluding hydrogens is 328 g/mol. The van der Waals surface area contributed by atoms with Crippen LogP contribution in [0.4, 0.5) is 5.82 Å². The molecule has 2 aromatic heterocycles. The van der Waals surface area contributed by atoms with E-state index in [9.17, 15) is 0 Å². The Kier molecular flexibility index (Phi) is 6.20. The van der Waals surface area contributed by atoms with Crippen molar-refractivity contribution in [3.8, 4) is 11.1 Å². The highest BCUT2D eigenvalue weighted by atomic mass is 16.5. The first-order chi connectivity index (χ1) is 12.7. The van der Waals surface area contributed by atoms with Crippen molar-refractivity contribution in [1.82, 2.24) is 14.6 Å². The fourth-order valence-electron chi connectivity index (χ4n) is 3.04. The highest BCUT2D eigenvalue weighted by molar-refractivity contribution is 5.80. The smallest absolute Gasteiger partial charge is 0.165 e. The molecule has 0 bridgehead atoms. The summed E-state index contributed by atoms with van der Waals surface area (Å²) in [7, 11) is 0. The lowest BCUT2D eigenvalue weighted by molar-refractivity contribution is 0.0991. The molecule has 6 heteroatoms. The quantitative estimate of drug-likeness (QED) is 0.578. The number of hydrogen-bond acceptors (Lipinski definition) is 5. The molecule has 6 nitrogen and oxygen atoms in total. The second-order valence-electron chi connectivity index (χ2n) is 6.21. The van der Waals surface area contributed by atoms with Crippen LogP contribution in [0.2, 0.25) is 0 Å². The number of aliphatic hydroxyl groups excluding tert-OH is 1. The first-order valence-corrected chi connectivity index (χ1v) is 9.11. The van der Waals surface area contributed by atoms with Gasteiger partial charge in [-0.15, -0.1) is 0 Å². The van der Waals surface area contributed by atoms with E-state index >= 15 is 0 Å². The molecule has 0 amide bonds. The minimum Gasteiger partial charge on any atom is -0.394 e. The highest BCUT2D eigenvalue weighted by Gasteiger charge is 2.16. The maximum absolute atomic E-state index is 8.79. The van der Waals surface area contributed by atoms with Gasteiger partial charge in [-0.1, -0.05) is 43.7 Å². The zero-order chi connectivity index (χ0) is 18.4. The molecule has 0 aliphatic carbocycles. The molecule has 26 heavy (non-hydrogen) atoms. The molecule has 3 rings (SSSR count). The number of nitrogens with one attached hydrogen (secondary N) is 1. The van der Waals surface area contributed by atoms with Crippen molar-refractivity contribution in [2.24, 2.45) is 0 Å². The van der Waals surface area contributed by atoms with Crippen molar-refractivity contribution in [1.29, 1.82) is 0 Å². The van der Waals surface area contributed by atoms with Crippen LogP contribution in [0.3, 0.4) is 0 Å². The number of hydrogen-bond donors (Lipinski definition) is 2. The lowest BCUT2D eigenvalue weighted by Crippen LogP contribution is -2.14. The van der Waals surface area contributed by atoms with Crippen LogP contribution in [0.5, 0.6) is 0 Å². The molecule has 0 saturated carbocycles. The van der Waals surface area contributed by atoms with Crippen molar-refractivity contribution in [2.75, 3.05) is 31.7 Å². The van der Waals surface area contributed by atoms with Gasteiger partial charge in [-0.2, -0.15) is 9.61 Å². The average Bonchev–Trinajstić information content (AvgIpc) is 2.98. The predicted octanol–water partition coefficient (Wildman–Crippen LogP) is 3.08. The summed E-state index contributed by atoms with van der Waals surface area (Å²) in [6, 6.07) is 12.3. The van der Waals surface area contributed by atoms with Gasteiger partial charge in [0.15, 0.2) is 5.65 Å². The maximum atomic E-state index is 8.79. The summed E-state index contributed by atoms with van der Waals surface area (Å²) in [5, 5.41) is 16.9. The van der Waals surface area contributed by atoms with Gasteiger partial charge in [-0.05, 0) is 18.9 Å². The summed E-state index contributed by atoms with van der Waals surface area (Å²) in [5.41, 5.74) is 5.08. The molecule has 0 aliphatic heterocycles. The second-order valence-corrected chi connectivity index (χ2v) is 6.21. The van der Waals surface area contributed by atoms with Crippen LogP contribution in [-0.2, 0) is 11.2 Å². The summed E-state index contributed by atoms with van der Waals surface area (Å²) >= 11 is 0. The largest absolute Gasteiger partial charge is 0.394 e. The SMILES string of the molecule is CCCc1cc(NCCOCCO)n2nc(C)c(-c3ccccc3)c2n1. The Hall–Kier alpha value is -2.44. The van der Waals surface area contributed by atoms with Crippen LogP contribution in [0.1, 0.15) is 24.7 Å². The van der Waals surface area contributed by atoms with Crippen LogP contribution in [0.15, 0.2) is 36.4 Å². The monoisotopic (exact) mass is 354 g/mol. The Bertz CT molecular complexity index is 846. The molecule has 0 atom stereocenters. The third kappa shape index (κ3) is 4.03. The third-order valence-corrected chi connectivity index (χ3v) is 4.17. The van der Waals surface area contributed by atoms with E-state index in [4.69, 9.17) is 19.9 Å². The molecule has 0 aliphatic rings. The topological polar surface area (TPSA) is 71.7 Å². The average molecular weight is 354 g/mol. The van der Waals surface area contributed by atoms with E-state index in [0.717, 1.165) is 46.8 Å². The third-order valence-electron chi connectivity index (χ3n) is 4.17. The van der Waals surface area contributed by atoms with Crippen molar-refractivity contribution in [3.63, 3.8) is 0 Å². The first-order valence-electron chi connectivity index (χ1n) is 9.11. The molecule has 0 radical (unpaired) electrons.